The van der Waals surface area contributed by atoms with Crippen LogP contribution >= 0.6 is 11.3 Å². The molecule has 122 valence electrons. The van der Waals surface area contributed by atoms with E-state index in [2.05, 4.69) is 10.1 Å². The number of hydrogen-bond acceptors (Lipinski definition) is 6. The molecule has 24 heavy (non-hydrogen) atoms. The topological polar surface area (TPSA) is 68.5 Å². The van der Waals surface area contributed by atoms with Crippen LogP contribution in [-0.4, -0.2) is 29.7 Å². The van der Waals surface area contributed by atoms with Gasteiger partial charge < -0.3 is 14.2 Å². The Hall–Kier alpha value is -2.67. The number of rotatable bonds is 4. The summed E-state index contributed by atoms with van der Waals surface area (Å²) in [7, 11) is 1.62. The maximum Gasteiger partial charge on any atom is 0.258 e. The lowest BCUT2D eigenvalue weighted by atomic mass is 10.1. The van der Waals surface area contributed by atoms with Gasteiger partial charge in [0.25, 0.3) is 5.89 Å². The molecule has 3 aromatic rings. The molecule has 1 aromatic carbocycles. The van der Waals surface area contributed by atoms with Gasteiger partial charge in [-0.2, -0.15) is 16.3 Å². The maximum absolute atomic E-state index is 12.4. The van der Waals surface area contributed by atoms with Gasteiger partial charge in [-0.05, 0) is 35.7 Å². The average Bonchev–Trinajstić information content (AvgIpc) is 3.34. The molecule has 1 amide bonds. The van der Waals surface area contributed by atoms with Crippen molar-refractivity contribution in [3.63, 3.8) is 0 Å². The van der Waals surface area contributed by atoms with Crippen molar-refractivity contribution in [1.82, 2.24) is 10.1 Å². The van der Waals surface area contributed by atoms with Crippen molar-refractivity contribution in [3.05, 3.63) is 46.9 Å². The number of hydrogen-bond donors (Lipinski definition) is 0. The van der Waals surface area contributed by atoms with Gasteiger partial charge in [0.15, 0.2) is 5.82 Å². The molecule has 4 rings (SSSR count). The highest BCUT2D eigenvalue weighted by atomic mass is 32.1. The summed E-state index contributed by atoms with van der Waals surface area (Å²) in [6.45, 7) is 0.549. The molecule has 1 unspecified atom stereocenters. The first kappa shape index (κ1) is 14.9. The SMILES string of the molecule is COc1ccc(N2CC(c3noc(-c4ccsc4)n3)CC2=O)cc1. The molecule has 0 saturated carbocycles. The van der Waals surface area contributed by atoms with Crippen LogP contribution in [0, 0.1) is 0 Å². The number of aromatic nitrogens is 2. The predicted molar refractivity (Wildman–Crippen MR) is 90.3 cm³/mol. The molecule has 7 heteroatoms. The quantitative estimate of drug-likeness (QED) is 0.728. The summed E-state index contributed by atoms with van der Waals surface area (Å²) in [5.41, 5.74) is 1.76. The predicted octanol–water partition coefficient (Wildman–Crippen LogP) is 3.33. The normalized spacial score (nSPS) is 17.5. The third-order valence-corrected chi connectivity index (χ3v) is 4.77. The van der Waals surface area contributed by atoms with Crippen LogP contribution in [-0.2, 0) is 4.79 Å². The van der Waals surface area contributed by atoms with E-state index in [1.165, 1.54) is 0 Å². The minimum atomic E-state index is -0.0595. The van der Waals surface area contributed by atoms with E-state index in [-0.39, 0.29) is 11.8 Å². The van der Waals surface area contributed by atoms with Crippen LogP contribution in [0.25, 0.3) is 11.5 Å². The van der Waals surface area contributed by atoms with E-state index in [1.54, 1.807) is 23.3 Å². The number of carbonyl (C=O) groups is 1. The molecule has 1 aliphatic heterocycles. The van der Waals surface area contributed by atoms with Crippen LogP contribution in [0.5, 0.6) is 5.75 Å². The van der Waals surface area contributed by atoms with Crippen molar-refractivity contribution in [2.24, 2.45) is 0 Å². The van der Waals surface area contributed by atoms with Crippen molar-refractivity contribution in [3.8, 4) is 17.2 Å². The Bertz CT molecular complexity index is 842. The lowest BCUT2D eigenvalue weighted by Gasteiger charge is -2.16. The van der Waals surface area contributed by atoms with Crippen LogP contribution in [0.15, 0.2) is 45.6 Å². The molecule has 1 saturated heterocycles. The second-order valence-electron chi connectivity index (χ2n) is 5.57. The molecule has 6 nitrogen and oxygen atoms in total. The number of methoxy groups -OCH3 is 1. The maximum atomic E-state index is 12.4. The summed E-state index contributed by atoms with van der Waals surface area (Å²) in [6.07, 6.45) is 0.384. The van der Waals surface area contributed by atoms with Crippen molar-refractivity contribution >= 4 is 22.9 Å². The van der Waals surface area contributed by atoms with E-state index in [0.29, 0.717) is 24.7 Å². The molecule has 0 spiro atoms. The lowest BCUT2D eigenvalue weighted by Crippen LogP contribution is -2.24. The largest absolute Gasteiger partial charge is 0.497 e. The Kier molecular flexibility index (Phi) is 3.78. The summed E-state index contributed by atoms with van der Waals surface area (Å²) >= 11 is 1.58. The average molecular weight is 341 g/mol. The third kappa shape index (κ3) is 2.67. The Morgan fingerprint density at radius 2 is 2.12 bits per heavy atom. The Morgan fingerprint density at radius 3 is 2.83 bits per heavy atom. The molecular formula is C17H15N3O3S. The summed E-state index contributed by atoms with van der Waals surface area (Å²) in [5.74, 6) is 1.85. The molecule has 2 aromatic heterocycles. The van der Waals surface area contributed by atoms with Gasteiger partial charge in [0.1, 0.15) is 5.75 Å². The molecule has 0 bridgehead atoms. The van der Waals surface area contributed by atoms with E-state index in [9.17, 15) is 4.79 Å². The zero-order valence-corrected chi connectivity index (χ0v) is 13.8. The van der Waals surface area contributed by atoms with Crippen molar-refractivity contribution in [1.29, 1.82) is 0 Å². The Labute approximate surface area is 142 Å². The van der Waals surface area contributed by atoms with Crippen LogP contribution in [0.2, 0.25) is 0 Å². The molecular weight excluding hydrogens is 326 g/mol. The highest BCUT2D eigenvalue weighted by molar-refractivity contribution is 7.08. The Morgan fingerprint density at radius 1 is 1.29 bits per heavy atom. The first-order valence-electron chi connectivity index (χ1n) is 7.55. The van der Waals surface area contributed by atoms with E-state index in [4.69, 9.17) is 9.26 Å². The van der Waals surface area contributed by atoms with E-state index >= 15 is 0 Å². The standard InChI is InChI=1S/C17H15N3O3S/c1-22-14-4-2-13(3-5-14)20-9-12(8-15(20)21)16-18-17(23-19-16)11-6-7-24-10-11/h2-7,10,12H,8-9H2,1H3. The zero-order valence-electron chi connectivity index (χ0n) is 13.0. The number of thiophene rings is 1. The van der Waals surface area contributed by atoms with Gasteiger partial charge in [0.05, 0.1) is 12.7 Å². The summed E-state index contributed by atoms with van der Waals surface area (Å²) in [4.78, 5) is 18.6. The molecule has 1 aliphatic rings. The minimum Gasteiger partial charge on any atom is -0.497 e. The number of ether oxygens (including phenoxy) is 1. The van der Waals surface area contributed by atoms with Crippen molar-refractivity contribution in [2.75, 3.05) is 18.6 Å². The molecule has 1 atom stereocenters. The highest BCUT2D eigenvalue weighted by Gasteiger charge is 2.34. The summed E-state index contributed by atoms with van der Waals surface area (Å²) < 4.78 is 10.5. The van der Waals surface area contributed by atoms with Gasteiger partial charge in [-0.15, -0.1) is 0 Å². The fourth-order valence-electron chi connectivity index (χ4n) is 2.80. The number of anilines is 1. The number of amides is 1. The van der Waals surface area contributed by atoms with Gasteiger partial charge in [-0.3, -0.25) is 4.79 Å². The Balaban J connectivity index is 1.53. The fourth-order valence-corrected chi connectivity index (χ4v) is 3.43. The van der Waals surface area contributed by atoms with Crippen LogP contribution in [0.3, 0.4) is 0 Å². The molecule has 0 N–H and O–H groups in total. The van der Waals surface area contributed by atoms with Gasteiger partial charge in [-0.1, -0.05) is 5.16 Å². The van der Waals surface area contributed by atoms with Crippen LogP contribution < -0.4 is 9.64 Å². The third-order valence-electron chi connectivity index (χ3n) is 4.08. The number of carbonyl (C=O) groups excluding carboxylic acids is 1. The van der Waals surface area contributed by atoms with Gasteiger partial charge >= 0.3 is 0 Å². The first-order chi connectivity index (χ1) is 11.7. The van der Waals surface area contributed by atoms with E-state index in [0.717, 1.165) is 17.0 Å². The van der Waals surface area contributed by atoms with Gasteiger partial charge in [0, 0.05) is 30.0 Å². The van der Waals surface area contributed by atoms with E-state index in [1.807, 2.05) is 41.1 Å². The second-order valence-corrected chi connectivity index (χ2v) is 6.35. The van der Waals surface area contributed by atoms with Gasteiger partial charge in [-0.25, -0.2) is 0 Å². The molecule has 3 heterocycles. The van der Waals surface area contributed by atoms with Crippen LogP contribution in [0.1, 0.15) is 18.2 Å². The second kappa shape index (κ2) is 6.09. The van der Waals surface area contributed by atoms with Crippen molar-refractivity contribution in [2.45, 2.75) is 12.3 Å². The minimum absolute atomic E-state index is 0.0595. The molecule has 0 aliphatic carbocycles. The zero-order chi connectivity index (χ0) is 16.5. The monoisotopic (exact) mass is 341 g/mol. The summed E-state index contributed by atoms with van der Waals surface area (Å²) in [5, 5.41) is 7.98. The van der Waals surface area contributed by atoms with Crippen LogP contribution in [0.4, 0.5) is 5.69 Å². The smallest absolute Gasteiger partial charge is 0.258 e. The molecule has 0 radical (unpaired) electrons. The fraction of sp³-hybridized carbons (Fsp3) is 0.235. The first-order valence-corrected chi connectivity index (χ1v) is 8.49. The highest BCUT2D eigenvalue weighted by Crippen LogP contribution is 2.32. The van der Waals surface area contributed by atoms with Gasteiger partial charge in [0.2, 0.25) is 5.91 Å². The summed E-state index contributed by atoms with van der Waals surface area (Å²) in [6, 6.07) is 9.39. The van der Waals surface area contributed by atoms with E-state index < -0.39 is 0 Å². The lowest BCUT2D eigenvalue weighted by molar-refractivity contribution is -0.117. The number of nitrogens with zero attached hydrogens (tertiary/aromatic N) is 3. The number of benzene rings is 1. The molecule has 1 fully saturated rings. The van der Waals surface area contributed by atoms with Crippen molar-refractivity contribution < 1.29 is 14.1 Å².